The molecule has 0 amide bonds. The first-order valence-electron chi connectivity index (χ1n) is 7.03. The smallest absolute Gasteiger partial charge is 0.0475 e. The van der Waals surface area contributed by atoms with E-state index in [1.165, 1.54) is 28.1 Å². The molecule has 1 N–H and O–H groups in total. The minimum Gasteiger partial charge on any atom is -0.344 e. The van der Waals surface area contributed by atoms with Crippen molar-refractivity contribution in [3.8, 4) is 0 Å². The monoisotopic (exact) mass is 256 g/mol. The van der Waals surface area contributed by atoms with Gasteiger partial charge in [0.1, 0.15) is 0 Å². The van der Waals surface area contributed by atoms with E-state index in [0.717, 1.165) is 19.6 Å². The van der Waals surface area contributed by atoms with Crippen molar-refractivity contribution in [2.45, 2.75) is 40.8 Å². The summed E-state index contributed by atoms with van der Waals surface area (Å²) >= 11 is 0. The van der Waals surface area contributed by atoms with Crippen molar-refractivity contribution in [2.75, 3.05) is 6.54 Å². The minimum atomic E-state index is 0.962. The van der Waals surface area contributed by atoms with Crippen LogP contribution in [0.3, 0.4) is 0 Å². The number of nitrogens with one attached hydrogen (secondary N) is 1. The maximum atomic E-state index is 3.40. The number of aromatic nitrogens is 1. The van der Waals surface area contributed by atoms with Crippen LogP contribution in [0.15, 0.2) is 30.3 Å². The topological polar surface area (TPSA) is 17.0 Å². The number of hydrogen-bond donors (Lipinski definition) is 1. The van der Waals surface area contributed by atoms with Crippen LogP contribution in [0, 0.1) is 20.8 Å². The third-order valence-electron chi connectivity index (χ3n) is 3.71. The molecule has 0 aliphatic carbocycles. The number of hydrogen-bond acceptors (Lipinski definition) is 1. The van der Waals surface area contributed by atoms with E-state index in [2.05, 4.69) is 67.9 Å². The molecule has 0 unspecified atom stereocenters. The molecule has 0 atom stereocenters. The highest BCUT2D eigenvalue weighted by molar-refractivity contribution is 5.29. The highest BCUT2D eigenvalue weighted by atomic mass is 15.0. The zero-order chi connectivity index (χ0) is 13.8. The molecule has 1 aromatic carbocycles. The summed E-state index contributed by atoms with van der Waals surface area (Å²) in [5, 5.41) is 3.40. The third kappa shape index (κ3) is 3.27. The van der Waals surface area contributed by atoms with Gasteiger partial charge < -0.3 is 9.88 Å². The summed E-state index contributed by atoms with van der Waals surface area (Å²) in [6, 6.07) is 11.1. The molecular weight excluding hydrogens is 232 g/mol. The van der Waals surface area contributed by atoms with Crippen LogP contribution in [0.1, 0.15) is 35.0 Å². The molecule has 0 aliphatic heterocycles. The normalized spacial score (nSPS) is 10.9. The first kappa shape index (κ1) is 13.9. The zero-order valence-electron chi connectivity index (χ0n) is 12.5. The van der Waals surface area contributed by atoms with Gasteiger partial charge in [-0.2, -0.15) is 0 Å². The van der Waals surface area contributed by atoms with Gasteiger partial charge in [-0.15, -0.1) is 0 Å². The second kappa shape index (κ2) is 6.07. The average molecular weight is 256 g/mol. The van der Waals surface area contributed by atoms with Crippen LogP contribution in [-0.4, -0.2) is 11.1 Å². The molecule has 0 fully saturated rings. The van der Waals surface area contributed by atoms with Crippen LogP contribution in [0.5, 0.6) is 0 Å². The minimum absolute atomic E-state index is 0.962. The van der Waals surface area contributed by atoms with E-state index in [-0.39, 0.29) is 0 Å². The van der Waals surface area contributed by atoms with E-state index in [1.807, 2.05) is 0 Å². The van der Waals surface area contributed by atoms with Gasteiger partial charge >= 0.3 is 0 Å². The molecule has 19 heavy (non-hydrogen) atoms. The van der Waals surface area contributed by atoms with Crippen molar-refractivity contribution in [3.05, 3.63) is 58.4 Å². The predicted octanol–water partition coefficient (Wildman–Crippen LogP) is 3.57. The van der Waals surface area contributed by atoms with Gasteiger partial charge in [0, 0.05) is 24.5 Å². The molecule has 0 radical (unpaired) electrons. The van der Waals surface area contributed by atoms with Crippen LogP contribution in [0.25, 0.3) is 0 Å². The van der Waals surface area contributed by atoms with E-state index in [4.69, 9.17) is 0 Å². The Balaban J connectivity index is 2.20. The highest BCUT2D eigenvalue weighted by Gasteiger charge is 2.08. The van der Waals surface area contributed by atoms with E-state index < -0.39 is 0 Å². The number of benzene rings is 1. The second-order valence-corrected chi connectivity index (χ2v) is 5.25. The number of rotatable bonds is 5. The van der Waals surface area contributed by atoms with Gasteiger partial charge in [0.05, 0.1) is 0 Å². The second-order valence-electron chi connectivity index (χ2n) is 5.25. The largest absolute Gasteiger partial charge is 0.344 e. The van der Waals surface area contributed by atoms with Crippen molar-refractivity contribution < 1.29 is 0 Å². The number of aryl methyl sites for hydroxylation is 2. The zero-order valence-corrected chi connectivity index (χ0v) is 12.5. The lowest BCUT2D eigenvalue weighted by Gasteiger charge is -2.10. The van der Waals surface area contributed by atoms with E-state index >= 15 is 0 Å². The summed E-state index contributed by atoms with van der Waals surface area (Å²) in [5.41, 5.74) is 6.80. The standard InChI is InChI=1S/C17H24N2/c1-5-18-11-17-10-14(3)19(15(17)4)12-16-8-6-13(2)7-9-16/h6-10,18H,5,11-12H2,1-4H3. The Kier molecular flexibility index (Phi) is 4.43. The maximum absolute atomic E-state index is 3.40. The third-order valence-corrected chi connectivity index (χ3v) is 3.71. The average Bonchev–Trinajstić information content (AvgIpc) is 2.66. The maximum Gasteiger partial charge on any atom is 0.0475 e. The fourth-order valence-corrected chi connectivity index (χ4v) is 2.43. The van der Waals surface area contributed by atoms with Crippen LogP contribution in [-0.2, 0) is 13.1 Å². The van der Waals surface area contributed by atoms with Gasteiger partial charge in [0.25, 0.3) is 0 Å². The van der Waals surface area contributed by atoms with Gasteiger partial charge in [-0.3, -0.25) is 0 Å². The van der Waals surface area contributed by atoms with Crippen molar-refractivity contribution in [3.63, 3.8) is 0 Å². The SMILES string of the molecule is CCNCc1cc(C)n(Cc2ccc(C)cc2)c1C. The van der Waals surface area contributed by atoms with Crippen LogP contribution < -0.4 is 5.32 Å². The molecule has 2 nitrogen and oxygen atoms in total. The van der Waals surface area contributed by atoms with Crippen molar-refractivity contribution in [2.24, 2.45) is 0 Å². The molecular formula is C17H24N2. The Bertz CT molecular complexity index is 535. The summed E-state index contributed by atoms with van der Waals surface area (Å²) in [6.07, 6.45) is 0. The Labute approximate surface area is 116 Å². The molecule has 2 heteroatoms. The predicted molar refractivity (Wildman–Crippen MR) is 81.6 cm³/mol. The summed E-state index contributed by atoms with van der Waals surface area (Å²) in [5.74, 6) is 0. The Hall–Kier alpha value is -1.54. The molecule has 1 heterocycles. The first-order valence-corrected chi connectivity index (χ1v) is 7.03. The van der Waals surface area contributed by atoms with E-state index in [1.54, 1.807) is 0 Å². The van der Waals surface area contributed by atoms with E-state index in [9.17, 15) is 0 Å². The summed E-state index contributed by atoms with van der Waals surface area (Å²) in [4.78, 5) is 0. The first-order chi connectivity index (χ1) is 9.11. The number of nitrogens with zero attached hydrogens (tertiary/aromatic N) is 1. The van der Waals surface area contributed by atoms with Crippen LogP contribution in [0.4, 0.5) is 0 Å². The molecule has 0 spiro atoms. The molecule has 2 rings (SSSR count). The highest BCUT2D eigenvalue weighted by Crippen LogP contribution is 2.17. The quantitative estimate of drug-likeness (QED) is 0.865. The van der Waals surface area contributed by atoms with Gasteiger partial charge in [-0.25, -0.2) is 0 Å². The molecule has 0 aliphatic rings. The fraction of sp³-hybridized carbons (Fsp3) is 0.412. The van der Waals surface area contributed by atoms with Gasteiger partial charge in [-0.05, 0) is 44.5 Å². The Morgan fingerprint density at radius 2 is 1.74 bits per heavy atom. The van der Waals surface area contributed by atoms with Gasteiger partial charge in [0.15, 0.2) is 0 Å². The fourth-order valence-electron chi connectivity index (χ4n) is 2.43. The Morgan fingerprint density at radius 3 is 2.37 bits per heavy atom. The molecule has 102 valence electrons. The van der Waals surface area contributed by atoms with Crippen LogP contribution in [0.2, 0.25) is 0 Å². The van der Waals surface area contributed by atoms with Crippen LogP contribution >= 0.6 is 0 Å². The lowest BCUT2D eigenvalue weighted by atomic mass is 10.1. The summed E-state index contributed by atoms with van der Waals surface area (Å²) in [7, 11) is 0. The lowest BCUT2D eigenvalue weighted by molar-refractivity contribution is 0.706. The van der Waals surface area contributed by atoms with Gasteiger partial charge in [-0.1, -0.05) is 36.8 Å². The Morgan fingerprint density at radius 1 is 1.05 bits per heavy atom. The molecule has 0 bridgehead atoms. The summed E-state index contributed by atoms with van der Waals surface area (Å²) in [6.45, 7) is 11.6. The van der Waals surface area contributed by atoms with Crippen molar-refractivity contribution in [1.29, 1.82) is 0 Å². The summed E-state index contributed by atoms with van der Waals surface area (Å²) < 4.78 is 2.40. The van der Waals surface area contributed by atoms with Crippen molar-refractivity contribution >= 4 is 0 Å². The molecule has 0 saturated heterocycles. The molecule has 2 aromatic rings. The lowest BCUT2D eigenvalue weighted by Crippen LogP contribution is -2.12. The molecule has 0 saturated carbocycles. The van der Waals surface area contributed by atoms with Crippen molar-refractivity contribution in [1.82, 2.24) is 9.88 Å². The van der Waals surface area contributed by atoms with E-state index in [0.29, 0.717) is 0 Å². The van der Waals surface area contributed by atoms with Gasteiger partial charge in [0.2, 0.25) is 0 Å². The molecule has 1 aromatic heterocycles.